The molecule has 0 radical (unpaired) electrons. The molecule has 1 aromatic heterocycles. The maximum Gasteiger partial charge on any atom is 0.264 e. The number of amides is 2. The van der Waals surface area contributed by atoms with Gasteiger partial charge in [0.25, 0.3) is 10.0 Å². The molecule has 0 fully saturated rings. The van der Waals surface area contributed by atoms with Crippen molar-refractivity contribution in [3.63, 3.8) is 0 Å². The minimum absolute atomic E-state index is 0.0455. The Kier molecular flexibility index (Phi) is 5.87. The van der Waals surface area contributed by atoms with Crippen molar-refractivity contribution < 1.29 is 22.6 Å². The summed E-state index contributed by atoms with van der Waals surface area (Å²) in [4.78, 5) is 22.8. The first-order valence-electron chi connectivity index (χ1n) is 7.65. The van der Waals surface area contributed by atoms with Crippen LogP contribution >= 0.6 is 0 Å². The number of nitrogens with one attached hydrogen (secondary N) is 2. The highest BCUT2D eigenvalue weighted by Crippen LogP contribution is 2.14. The molecule has 0 saturated carbocycles. The number of benzene rings is 1. The number of hydrogen-bond donors (Lipinski definition) is 2. The van der Waals surface area contributed by atoms with E-state index in [0.29, 0.717) is 18.7 Å². The second kappa shape index (κ2) is 7.89. The van der Waals surface area contributed by atoms with Gasteiger partial charge in [-0.05, 0) is 36.8 Å². The second-order valence-electron chi connectivity index (χ2n) is 5.60. The molecule has 0 spiro atoms. The summed E-state index contributed by atoms with van der Waals surface area (Å²) in [6, 6.07) is 9.54. The van der Waals surface area contributed by atoms with Crippen LogP contribution in [0.4, 0.5) is 5.69 Å². The van der Waals surface area contributed by atoms with Crippen molar-refractivity contribution in [3.8, 4) is 0 Å². The zero-order chi connectivity index (χ0) is 18.4. The first-order valence-corrected chi connectivity index (χ1v) is 9.13. The van der Waals surface area contributed by atoms with Gasteiger partial charge in [-0.3, -0.25) is 9.59 Å². The zero-order valence-corrected chi connectivity index (χ0v) is 14.8. The molecule has 2 amide bonds. The van der Waals surface area contributed by atoms with Gasteiger partial charge in [-0.15, -0.1) is 0 Å². The molecule has 8 heteroatoms. The van der Waals surface area contributed by atoms with Crippen molar-refractivity contribution in [2.75, 3.05) is 5.32 Å². The normalized spacial score (nSPS) is 11.0. The Morgan fingerprint density at radius 3 is 2.20 bits per heavy atom. The Hall–Kier alpha value is -2.74. The van der Waals surface area contributed by atoms with Crippen molar-refractivity contribution in [1.82, 2.24) is 4.72 Å². The largest absolute Gasteiger partial charge is 0.326 e. The molecular formula is C17H20N3O4S+. The van der Waals surface area contributed by atoms with Crippen LogP contribution in [0.15, 0.2) is 53.7 Å². The number of aryl methyl sites for hydroxylation is 2. The third-order valence-electron chi connectivity index (χ3n) is 3.38. The highest BCUT2D eigenvalue weighted by atomic mass is 32.2. The van der Waals surface area contributed by atoms with E-state index in [2.05, 4.69) is 5.32 Å². The van der Waals surface area contributed by atoms with E-state index in [1.165, 1.54) is 24.3 Å². The third-order valence-corrected chi connectivity index (χ3v) is 4.83. The number of pyridine rings is 1. The lowest BCUT2D eigenvalue weighted by molar-refractivity contribution is -0.695. The molecule has 0 saturated heterocycles. The minimum atomic E-state index is -3.87. The van der Waals surface area contributed by atoms with Crippen molar-refractivity contribution in [2.45, 2.75) is 31.7 Å². The van der Waals surface area contributed by atoms with Gasteiger partial charge in [0.2, 0.25) is 11.8 Å². The Balaban J connectivity index is 1.93. The first-order chi connectivity index (χ1) is 11.8. The van der Waals surface area contributed by atoms with Crippen LogP contribution in [-0.2, 0) is 26.2 Å². The lowest BCUT2D eigenvalue weighted by atomic mass is 10.3. The van der Waals surface area contributed by atoms with Crippen LogP contribution in [0.2, 0.25) is 0 Å². The van der Waals surface area contributed by atoms with E-state index in [1.807, 2.05) is 40.7 Å². The molecule has 0 aliphatic rings. The molecule has 0 aliphatic heterocycles. The fourth-order valence-corrected chi connectivity index (χ4v) is 3.09. The van der Waals surface area contributed by atoms with Crippen molar-refractivity contribution in [3.05, 3.63) is 54.4 Å². The van der Waals surface area contributed by atoms with Crippen molar-refractivity contribution >= 4 is 27.5 Å². The van der Waals surface area contributed by atoms with Crippen LogP contribution in [0, 0.1) is 6.92 Å². The Labute approximate surface area is 146 Å². The number of sulfonamides is 1. The maximum atomic E-state index is 12.0. The van der Waals surface area contributed by atoms with E-state index in [4.69, 9.17) is 0 Å². The summed E-state index contributed by atoms with van der Waals surface area (Å²) in [5.74, 6) is -0.837. The van der Waals surface area contributed by atoms with Gasteiger partial charge in [0.05, 0.1) is 11.3 Å². The van der Waals surface area contributed by atoms with Crippen LogP contribution < -0.4 is 14.6 Å². The highest BCUT2D eigenvalue weighted by molar-refractivity contribution is 7.90. The smallest absolute Gasteiger partial charge is 0.264 e. The summed E-state index contributed by atoms with van der Waals surface area (Å²) >= 11 is 0. The fourth-order valence-electron chi connectivity index (χ4n) is 2.10. The average molecular weight is 362 g/mol. The molecule has 0 atom stereocenters. The number of rotatable bonds is 6. The standard InChI is InChI=1S/C17H19N3O4S/c1-13-7-10-20(11-8-13)12-9-17(22)18-15-3-5-16(6-4-15)25(23,24)19-14(2)21/h3-8,10-11H,9,12H2,1-2H3,(H-,18,19,21,22)/p+1. The van der Waals surface area contributed by atoms with Gasteiger partial charge in [0.15, 0.2) is 18.9 Å². The summed E-state index contributed by atoms with van der Waals surface area (Å²) < 4.78 is 27.5. The third kappa shape index (κ3) is 5.68. The van der Waals surface area contributed by atoms with Gasteiger partial charge < -0.3 is 5.32 Å². The zero-order valence-electron chi connectivity index (χ0n) is 14.0. The number of carbonyl (C=O) groups is 2. The molecule has 2 aromatic rings. The van der Waals surface area contributed by atoms with Crippen LogP contribution in [0.25, 0.3) is 0 Å². The number of hydrogen-bond acceptors (Lipinski definition) is 4. The topological polar surface area (TPSA) is 96.2 Å². The fraction of sp³-hybridized carbons (Fsp3) is 0.235. The second-order valence-corrected chi connectivity index (χ2v) is 7.28. The molecule has 132 valence electrons. The average Bonchev–Trinajstić information content (AvgIpc) is 2.54. The Morgan fingerprint density at radius 1 is 1.04 bits per heavy atom. The monoisotopic (exact) mass is 362 g/mol. The summed E-state index contributed by atoms with van der Waals surface area (Å²) in [7, 11) is -3.87. The summed E-state index contributed by atoms with van der Waals surface area (Å²) in [5.41, 5.74) is 1.63. The van der Waals surface area contributed by atoms with E-state index < -0.39 is 15.9 Å². The molecule has 0 bridgehead atoms. The van der Waals surface area contributed by atoms with Crippen LogP contribution in [-0.4, -0.2) is 20.2 Å². The van der Waals surface area contributed by atoms with Gasteiger partial charge in [-0.2, -0.15) is 0 Å². The molecule has 25 heavy (non-hydrogen) atoms. The molecular weight excluding hydrogens is 342 g/mol. The molecule has 2 N–H and O–H groups in total. The van der Waals surface area contributed by atoms with Gasteiger partial charge in [-0.1, -0.05) is 0 Å². The first kappa shape index (κ1) is 18.6. The molecule has 1 heterocycles. The molecule has 0 unspecified atom stereocenters. The van der Waals surface area contributed by atoms with E-state index in [9.17, 15) is 18.0 Å². The Bertz CT molecular complexity index is 860. The SMILES string of the molecule is CC(=O)NS(=O)(=O)c1ccc(NC(=O)CC[n+]2ccc(C)cc2)cc1. The number of nitrogens with zero attached hydrogens (tertiary/aromatic N) is 1. The lowest BCUT2D eigenvalue weighted by Gasteiger charge is -2.07. The molecule has 1 aromatic carbocycles. The molecule has 0 aliphatic carbocycles. The van der Waals surface area contributed by atoms with E-state index >= 15 is 0 Å². The Morgan fingerprint density at radius 2 is 1.64 bits per heavy atom. The summed E-state index contributed by atoms with van der Waals surface area (Å²) in [5, 5.41) is 2.71. The molecule has 7 nitrogen and oxygen atoms in total. The summed E-state index contributed by atoms with van der Waals surface area (Å²) in [6.45, 7) is 3.66. The lowest BCUT2D eigenvalue weighted by Crippen LogP contribution is -2.34. The quantitative estimate of drug-likeness (QED) is 0.753. The highest BCUT2D eigenvalue weighted by Gasteiger charge is 2.15. The number of anilines is 1. The van der Waals surface area contributed by atoms with Crippen LogP contribution in [0.5, 0.6) is 0 Å². The van der Waals surface area contributed by atoms with Crippen LogP contribution in [0.1, 0.15) is 18.9 Å². The van der Waals surface area contributed by atoms with Gasteiger partial charge in [-0.25, -0.2) is 17.7 Å². The van der Waals surface area contributed by atoms with Gasteiger partial charge in [0, 0.05) is 24.7 Å². The summed E-state index contributed by atoms with van der Waals surface area (Å²) in [6.07, 6.45) is 4.11. The van der Waals surface area contributed by atoms with E-state index in [0.717, 1.165) is 12.5 Å². The van der Waals surface area contributed by atoms with E-state index in [1.54, 1.807) is 0 Å². The van der Waals surface area contributed by atoms with Gasteiger partial charge in [0.1, 0.15) is 0 Å². The predicted molar refractivity (Wildman–Crippen MR) is 92.1 cm³/mol. The van der Waals surface area contributed by atoms with Crippen molar-refractivity contribution in [2.24, 2.45) is 0 Å². The maximum absolute atomic E-state index is 12.0. The van der Waals surface area contributed by atoms with Crippen LogP contribution in [0.3, 0.4) is 0 Å². The van der Waals surface area contributed by atoms with Gasteiger partial charge >= 0.3 is 0 Å². The predicted octanol–water partition coefficient (Wildman–Crippen LogP) is 1.14. The van der Waals surface area contributed by atoms with Crippen molar-refractivity contribution in [1.29, 1.82) is 0 Å². The molecule has 2 rings (SSSR count). The number of aromatic nitrogens is 1. The minimum Gasteiger partial charge on any atom is -0.326 e. The van der Waals surface area contributed by atoms with E-state index in [-0.39, 0.29) is 10.8 Å². The number of carbonyl (C=O) groups excluding carboxylic acids is 2.